The molecule has 1 heterocycles. The number of carbonyl (C=O) groups excluding carboxylic acids is 4. The van der Waals surface area contributed by atoms with Crippen molar-refractivity contribution in [3.05, 3.63) is 12.2 Å². The van der Waals surface area contributed by atoms with E-state index in [4.69, 9.17) is 4.74 Å². The van der Waals surface area contributed by atoms with Gasteiger partial charge in [-0.15, -0.1) is 0 Å². The molecule has 0 saturated carbocycles. The molecular weight excluding hydrogens is 434 g/mol. The summed E-state index contributed by atoms with van der Waals surface area (Å²) in [6.07, 6.45) is 1.40. The number of hydrogen-bond acceptors (Lipinski definition) is 7. The lowest BCUT2D eigenvalue weighted by atomic mass is 9.96. The summed E-state index contributed by atoms with van der Waals surface area (Å²) in [6, 6.07) is -2.49. The highest BCUT2D eigenvalue weighted by Crippen LogP contribution is 2.14. The Morgan fingerprint density at radius 1 is 1.03 bits per heavy atom. The van der Waals surface area contributed by atoms with Gasteiger partial charge in [-0.05, 0) is 37.0 Å². The van der Waals surface area contributed by atoms with Crippen molar-refractivity contribution in [2.75, 3.05) is 5.75 Å². The molecule has 1 saturated heterocycles. The fourth-order valence-corrected chi connectivity index (χ4v) is 3.45. The third-order valence-corrected chi connectivity index (χ3v) is 5.41. The molecule has 0 aromatic heterocycles. The molecule has 1 aliphatic rings. The van der Waals surface area contributed by atoms with Crippen LogP contribution in [0.1, 0.15) is 53.9 Å². The van der Waals surface area contributed by atoms with Gasteiger partial charge in [-0.1, -0.05) is 33.8 Å². The zero-order valence-electron chi connectivity index (χ0n) is 19.5. The number of ether oxygens (including phenoxy) is 1. The molecule has 1 rings (SSSR count). The number of cyclic esters (lactones) is 1. The molecule has 4 N–H and O–H groups in total. The maximum atomic E-state index is 12.8. The smallest absolute Gasteiger partial charge is 0.309 e. The van der Waals surface area contributed by atoms with E-state index in [1.807, 2.05) is 0 Å². The van der Waals surface area contributed by atoms with Crippen molar-refractivity contribution in [2.45, 2.75) is 84.2 Å². The number of esters is 1. The first-order chi connectivity index (χ1) is 15.0. The molecule has 0 unspecified atom stereocenters. The van der Waals surface area contributed by atoms with Gasteiger partial charge in [0.2, 0.25) is 17.7 Å². The summed E-state index contributed by atoms with van der Waals surface area (Å²) in [5, 5.41) is 18.6. The van der Waals surface area contributed by atoms with E-state index in [1.165, 1.54) is 6.92 Å². The number of amides is 3. The molecule has 32 heavy (non-hydrogen) atoms. The van der Waals surface area contributed by atoms with Gasteiger partial charge in [0.1, 0.15) is 18.2 Å². The largest absolute Gasteiger partial charge is 0.457 e. The molecule has 0 aliphatic carbocycles. The number of allylic oxidation sites excluding steroid dienone is 1. The Hall–Kier alpha value is -2.07. The van der Waals surface area contributed by atoms with Crippen LogP contribution in [0, 0.1) is 11.8 Å². The van der Waals surface area contributed by atoms with E-state index in [0.29, 0.717) is 12.2 Å². The predicted molar refractivity (Wildman–Crippen MR) is 124 cm³/mol. The lowest BCUT2D eigenvalue weighted by Crippen LogP contribution is -2.57. The van der Waals surface area contributed by atoms with Crippen LogP contribution in [0.25, 0.3) is 0 Å². The fourth-order valence-electron chi connectivity index (χ4n) is 3.30. The zero-order chi connectivity index (χ0) is 24.4. The molecule has 0 radical (unpaired) electrons. The summed E-state index contributed by atoms with van der Waals surface area (Å²) in [6.45, 7) is 8.68. The van der Waals surface area contributed by atoms with Crippen molar-refractivity contribution in [1.29, 1.82) is 0 Å². The van der Waals surface area contributed by atoms with Crippen molar-refractivity contribution >= 4 is 36.3 Å². The average Bonchev–Trinajstić information content (AvgIpc) is 2.68. The summed E-state index contributed by atoms with van der Waals surface area (Å²) in [4.78, 5) is 50.5. The molecule has 0 aromatic rings. The molecule has 10 heteroatoms. The lowest BCUT2D eigenvalue weighted by molar-refractivity contribution is -0.151. The van der Waals surface area contributed by atoms with Crippen molar-refractivity contribution < 1.29 is 29.0 Å². The zero-order valence-corrected chi connectivity index (χ0v) is 20.4. The Kier molecular flexibility index (Phi) is 11.8. The second-order valence-corrected chi connectivity index (χ2v) is 9.19. The molecule has 1 aliphatic heterocycles. The summed E-state index contributed by atoms with van der Waals surface area (Å²) in [7, 11) is 0. The molecular formula is C22H37N3O6S. The van der Waals surface area contributed by atoms with Gasteiger partial charge in [-0.3, -0.25) is 19.2 Å². The maximum absolute atomic E-state index is 12.8. The van der Waals surface area contributed by atoms with Gasteiger partial charge in [0.05, 0.1) is 25.0 Å². The minimum absolute atomic E-state index is 0.179. The van der Waals surface area contributed by atoms with E-state index in [-0.39, 0.29) is 24.7 Å². The number of thiol groups is 1. The van der Waals surface area contributed by atoms with Crippen LogP contribution < -0.4 is 16.0 Å². The standard InChI is InChI=1S/C22H37N3O6S/c1-12(2)19-16(26)11-18(28)31-15(8-6-7-9-32)10-17(27)24-20(13(3)4)22(30)23-14(5)21(29)25-19/h6,8,12-16,19-20,26,32H,7,9-11H2,1-5H3,(H,23,30)(H,24,27)(H,25,29)/b8-6+/t14-,15-,16+,19-,20-/m1/s1. The average molecular weight is 472 g/mol. The van der Waals surface area contributed by atoms with Crippen LogP contribution in [-0.4, -0.2) is 64.9 Å². The summed E-state index contributed by atoms with van der Waals surface area (Å²) in [5.74, 6) is -1.99. The molecule has 0 bridgehead atoms. The van der Waals surface area contributed by atoms with Gasteiger partial charge in [0.15, 0.2) is 0 Å². The quantitative estimate of drug-likeness (QED) is 0.228. The third kappa shape index (κ3) is 9.20. The predicted octanol–water partition coefficient (Wildman–Crippen LogP) is 0.715. The van der Waals surface area contributed by atoms with Crippen molar-refractivity contribution in [2.24, 2.45) is 11.8 Å². The van der Waals surface area contributed by atoms with Crippen molar-refractivity contribution in [3.63, 3.8) is 0 Å². The second-order valence-electron chi connectivity index (χ2n) is 8.74. The number of aliphatic hydroxyl groups excluding tert-OH is 1. The number of aliphatic hydroxyl groups is 1. The Morgan fingerprint density at radius 2 is 1.69 bits per heavy atom. The third-order valence-electron chi connectivity index (χ3n) is 5.15. The van der Waals surface area contributed by atoms with E-state index in [0.717, 1.165) is 0 Å². The minimum atomic E-state index is -1.20. The summed E-state index contributed by atoms with van der Waals surface area (Å²) >= 11 is 4.13. The number of carbonyl (C=O) groups is 4. The second kappa shape index (κ2) is 13.5. The highest BCUT2D eigenvalue weighted by molar-refractivity contribution is 7.80. The topological polar surface area (TPSA) is 134 Å². The minimum Gasteiger partial charge on any atom is -0.457 e. The van der Waals surface area contributed by atoms with Crippen molar-refractivity contribution in [1.82, 2.24) is 16.0 Å². The van der Waals surface area contributed by atoms with Crippen LogP contribution in [0.2, 0.25) is 0 Å². The van der Waals surface area contributed by atoms with Crippen LogP contribution >= 0.6 is 12.6 Å². The molecule has 0 spiro atoms. The van der Waals surface area contributed by atoms with Crippen LogP contribution in [0.15, 0.2) is 12.2 Å². The molecule has 9 nitrogen and oxygen atoms in total. The van der Waals surface area contributed by atoms with Gasteiger partial charge < -0.3 is 25.8 Å². The normalized spacial score (nSPS) is 29.2. The first-order valence-electron chi connectivity index (χ1n) is 11.0. The van der Waals surface area contributed by atoms with Crippen LogP contribution in [0.3, 0.4) is 0 Å². The van der Waals surface area contributed by atoms with Gasteiger partial charge in [-0.25, -0.2) is 0 Å². The molecule has 182 valence electrons. The highest BCUT2D eigenvalue weighted by Gasteiger charge is 2.32. The van der Waals surface area contributed by atoms with Gasteiger partial charge in [0.25, 0.3) is 0 Å². The first-order valence-corrected chi connectivity index (χ1v) is 11.6. The van der Waals surface area contributed by atoms with Gasteiger partial charge in [-0.2, -0.15) is 12.6 Å². The Bertz CT molecular complexity index is 697. The first kappa shape index (κ1) is 28.0. The summed E-state index contributed by atoms with van der Waals surface area (Å²) < 4.78 is 5.43. The van der Waals surface area contributed by atoms with E-state index < -0.39 is 54.0 Å². The highest BCUT2D eigenvalue weighted by atomic mass is 32.1. The van der Waals surface area contributed by atoms with Crippen LogP contribution in [0.4, 0.5) is 0 Å². The number of rotatable bonds is 5. The van der Waals surface area contributed by atoms with E-state index >= 15 is 0 Å². The SMILES string of the molecule is CC(C)[C@H]1NC(=O)[C@@H](C)NC(=O)[C@@H](C(C)C)NC(=O)C[C@@H](/C=C/CCS)OC(=O)C[C@@H]1O. The maximum Gasteiger partial charge on any atom is 0.309 e. The van der Waals surface area contributed by atoms with E-state index in [9.17, 15) is 24.3 Å². The number of hydrogen-bond donors (Lipinski definition) is 5. The van der Waals surface area contributed by atoms with Gasteiger partial charge in [0, 0.05) is 0 Å². The van der Waals surface area contributed by atoms with Crippen LogP contribution in [-0.2, 0) is 23.9 Å². The molecule has 1 fully saturated rings. The Morgan fingerprint density at radius 3 is 2.25 bits per heavy atom. The fraction of sp³-hybridized carbons (Fsp3) is 0.727. The number of nitrogens with one attached hydrogen (secondary N) is 3. The lowest BCUT2D eigenvalue weighted by Gasteiger charge is -2.29. The molecule has 0 aromatic carbocycles. The van der Waals surface area contributed by atoms with E-state index in [2.05, 4.69) is 28.6 Å². The molecule has 5 atom stereocenters. The monoisotopic (exact) mass is 471 g/mol. The van der Waals surface area contributed by atoms with Gasteiger partial charge >= 0.3 is 5.97 Å². The van der Waals surface area contributed by atoms with Crippen molar-refractivity contribution in [3.8, 4) is 0 Å². The van der Waals surface area contributed by atoms with E-state index in [1.54, 1.807) is 39.8 Å². The van der Waals surface area contributed by atoms with Crippen LogP contribution in [0.5, 0.6) is 0 Å². The summed E-state index contributed by atoms with van der Waals surface area (Å²) in [5.41, 5.74) is 0. The Balaban J connectivity index is 3.23. The Labute approximate surface area is 195 Å². The molecule has 3 amide bonds.